The van der Waals surface area contributed by atoms with Gasteiger partial charge in [-0.3, -0.25) is 4.31 Å². The second kappa shape index (κ2) is 4.89. The SMILES string of the molecule is C[C@@]12CC[C@@H](O1)C1CN(c3ccc(C#N)c(C(F)(F)F)c3)S(=O)(=O)C12. The number of benzene rings is 1. The smallest absolute Gasteiger partial charge is 0.370 e. The minimum Gasteiger partial charge on any atom is -0.370 e. The number of halogens is 3. The zero-order valence-corrected chi connectivity index (χ0v) is 14.1. The quantitative estimate of drug-likeness (QED) is 0.760. The fraction of sp³-hybridized carbons (Fsp3) is 0.562. The van der Waals surface area contributed by atoms with Crippen LogP contribution in [-0.4, -0.2) is 31.9 Å². The van der Waals surface area contributed by atoms with Gasteiger partial charge in [-0.05, 0) is 38.0 Å². The summed E-state index contributed by atoms with van der Waals surface area (Å²) in [6.07, 6.45) is -3.50. The average molecular weight is 372 g/mol. The first-order valence-electron chi connectivity index (χ1n) is 7.89. The second-order valence-electron chi connectivity index (χ2n) is 7.01. The lowest BCUT2D eigenvalue weighted by molar-refractivity contribution is -0.137. The fourth-order valence-corrected chi connectivity index (χ4v) is 7.07. The molecular weight excluding hydrogens is 357 g/mol. The molecule has 0 aromatic heterocycles. The molecule has 1 aromatic rings. The molecule has 0 amide bonds. The van der Waals surface area contributed by atoms with Gasteiger partial charge in [0.2, 0.25) is 10.0 Å². The average Bonchev–Trinajstić information content (AvgIpc) is 3.13. The molecule has 3 fully saturated rings. The summed E-state index contributed by atoms with van der Waals surface area (Å²) >= 11 is 0. The summed E-state index contributed by atoms with van der Waals surface area (Å²) in [7, 11) is -3.83. The van der Waals surface area contributed by atoms with E-state index < -0.39 is 38.2 Å². The first kappa shape index (κ1) is 16.7. The van der Waals surface area contributed by atoms with Gasteiger partial charge in [-0.2, -0.15) is 18.4 Å². The molecule has 2 unspecified atom stereocenters. The highest BCUT2D eigenvalue weighted by atomic mass is 32.2. The molecule has 5 nitrogen and oxygen atoms in total. The fourth-order valence-electron chi connectivity index (χ4n) is 4.50. The van der Waals surface area contributed by atoms with Crippen molar-refractivity contribution in [2.75, 3.05) is 10.8 Å². The first-order valence-corrected chi connectivity index (χ1v) is 9.39. The van der Waals surface area contributed by atoms with Crippen molar-refractivity contribution in [1.82, 2.24) is 0 Å². The highest BCUT2D eigenvalue weighted by Crippen LogP contribution is 2.54. The van der Waals surface area contributed by atoms with E-state index in [4.69, 9.17) is 10.00 Å². The van der Waals surface area contributed by atoms with Crippen molar-refractivity contribution >= 4 is 15.7 Å². The maximum absolute atomic E-state index is 13.2. The molecule has 3 saturated heterocycles. The first-order chi connectivity index (χ1) is 11.6. The maximum Gasteiger partial charge on any atom is 0.417 e. The van der Waals surface area contributed by atoms with Crippen molar-refractivity contribution in [2.45, 2.75) is 42.9 Å². The molecule has 0 aliphatic carbocycles. The summed E-state index contributed by atoms with van der Waals surface area (Å²) in [6, 6.07) is 4.54. The highest BCUT2D eigenvalue weighted by molar-refractivity contribution is 7.93. The largest absolute Gasteiger partial charge is 0.417 e. The summed E-state index contributed by atoms with van der Waals surface area (Å²) in [5.74, 6) is -0.242. The van der Waals surface area contributed by atoms with Crippen LogP contribution in [0.25, 0.3) is 0 Å². The normalized spacial score (nSPS) is 35.6. The van der Waals surface area contributed by atoms with Crippen LogP contribution in [0.1, 0.15) is 30.9 Å². The summed E-state index contributed by atoms with van der Waals surface area (Å²) in [5.41, 5.74) is -2.47. The molecule has 0 radical (unpaired) electrons. The van der Waals surface area contributed by atoms with Gasteiger partial charge >= 0.3 is 6.18 Å². The number of nitriles is 1. The zero-order chi connectivity index (χ0) is 18.2. The van der Waals surface area contributed by atoms with Gasteiger partial charge in [0.1, 0.15) is 5.25 Å². The van der Waals surface area contributed by atoms with Crippen LogP contribution in [0.15, 0.2) is 18.2 Å². The number of anilines is 1. The molecule has 3 heterocycles. The molecule has 4 atom stereocenters. The minimum absolute atomic E-state index is 0.0521. The van der Waals surface area contributed by atoms with E-state index in [1.165, 1.54) is 12.1 Å². The van der Waals surface area contributed by atoms with Crippen molar-refractivity contribution in [3.63, 3.8) is 0 Å². The Labute approximate surface area is 143 Å². The Hall–Kier alpha value is -1.79. The van der Waals surface area contributed by atoms with Gasteiger partial charge < -0.3 is 4.74 Å². The maximum atomic E-state index is 13.2. The van der Waals surface area contributed by atoms with Gasteiger partial charge in [-0.25, -0.2) is 8.42 Å². The van der Waals surface area contributed by atoms with Gasteiger partial charge in [0.15, 0.2) is 0 Å². The van der Waals surface area contributed by atoms with Crippen molar-refractivity contribution in [1.29, 1.82) is 5.26 Å². The number of fused-ring (bicyclic) bond motifs is 5. The Morgan fingerprint density at radius 3 is 2.72 bits per heavy atom. The molecule has 3 aliphatic rings. The number of hydrogen-bond acceptors (Lipinski definition) is 4. The number of rotatable bonds is 1. The summed E-state index contributed by atoms with van der Waals surface area (Å²) in [5, 5.41) is 8.15. The van der Waals surface area contributed by atoms with Crippen molar-refractivity contribution in [2.24, 2.45) is 5.92 Å². The van der Waals surface area contributed by atoms with E-state index in [-0.39, 0.29) is 24.3 Å². The van der Waals surface area contributed by atoms with Crippen LogP contribution in [0.2, 0.25) is 0 Å². The molecule has 0 saturated carbocycles. The van der Waals surface area contributed by atoms with Crippen LogP contribution in [0.5, 0.6) is 0 Å². The van der Waals surface area contributed by atoms with Crippen LogP contribution >= 0.6 is 0 Å². The van der Waals surface area contributed by atoms with Crippen LogP contribution in [-0.2, 0) is 20.9 Å². The summed E-state index contributed by atoms with van der Waals surface area (Å²) in [6.45, 7) is 1.87. The predicted molar refractivity (Wildman–Crippen MR) is 82.2 cm³/mol. The van der Waals surface area contributed by atoms with E-state index in [0.29, 0.717) is 6.42 Å². The molecular formula is C16H15F3N2O3S. The molecule has 9 heteroatoms. The molecule has 25 heavy (non-hydrogen) atoms. The van der Waals surface area contributed by atoms with E-state index in [2.05, 4.69) is 0 Å². The topological polar surface area (TPSA) is 70.4 Å². The standard InChI is InChI=1S/C16H15F3N2O3S/c1-15-5-4-13(24-15)11-8-21(25(22,23)14(11)15)10-3-2-9(7-20)12(6-10)16(17,18)19/h2-3,6,11,13-14H,4-5,8H2,1H3/t11?,13-,14?,15+/m1/s1. The van der Waals surface area contributed by atoms with Gasteiger partial charge in [0.05, 0.1) is 34.6 Å². The van der Waals surface area contributed by atoms with Crippen molar-refractivity contribution < 1.29 is 26.3 Å². The third kappa shape index (κ3) is 2.20. The predicted octanol–water partition coefficient (Wildman–Crippen LogP) is 2.66. The van der Waals surface area contributed by atoms with Crippen LogP contribution < -0.4 is 4.31 Å². The number of alkyl halides is 3. The monoisotopic (exact) mass is 372 g/mol. The molecule has 0 N–H and O–H groups in total. The molecule has 2 bridgehead atoms. The van der Waals surface area contributed by atoms with Gasteiger partial charge in [-0.1, -0.05) is 0 Å². The van der Waals surface area contributed by atoms with Crippen LogP contribution in [0.4, 0.5) is 18.9 Å². The summed E-state index contributed by atoms with van der Waals surface area (Å²) < 4.78 is 72.4. The van der Waals surface area contributed by atoms with Gasteiger partial charge in [0, 0.05) is 12.5 Å². The van der Waals surface area contributed by atoms with Crippen LogP contribution in [0.3, 0.4) is 0 Å². The lowest BCUT2D eigenvalue weighted by atomic mass is 9.82. The zero-order valence-electron chi connectivity index (χ0n) is 13.2. The van der Waals surface area contributed by atoms with Crippen molar-refractivity contribution in [3.8, 4) is 6.07 Å². The third-order valence-electron chi connectivity index (χ3n) is 5.54. The second-order valence-corrected chi connectivity index (χ2v) is 8.99. The number of nitrogens with zero attached hydrogens (tertiary/aromatic N) is 2. The van der Waals surface area contributed by atoms with Crippen molar-refractivity contribution in [3.05, 3.63) is 29.3 Å². The Morgan fingerprint density at radius 2 is 2.12 bits per heavy atom. The highest BCUT2D eigenvalue weighted by Gasteiger charge is 2.66. The van der Waals surface area contributed by atoms with E-state index >= 15 is 0 Å². The van der Waals surface area contributed by atoms with E-state index in [0.717, 1.165) is 22.9 Å². The molecule has 4 rings (SSSR count). The molecule has 0 spiro atoms. The summed E-state index contributed by atoms with van der Waals surface area (Å²) in [4.78, 5) is 0. The Kier molecular flexibility index (Phi) is 3.26. The Bertz CT molecular complexity index is 893. The molecule has 134 valence electrons. The van der Waals surface area contributed by atoms with Gasteiger partial charge in [0.25, 0.3) is 0 Å². The van der Waals surface area contributed by atoms with E-state index in [1.807, 2.05) is 0 Å². The lowest BCUT2D eigenvalue weighted by Gasteiger charge is -2.28. The molecule has 3 aliphatic heterocycles. The van der Waals surface area contributed by atoms with E-state index in [9.17, 15) is 21.6 Å². The number of ether oxygens (including phenoxy) is 1. The van der Waals surface area contributed by atoms with Gasteiger partial charge in [-0.15, -0.1) is 0 Å². The molecule has 1 aromatic carbocycles. The minimum atomic E-state index is -4.73. The number of sulfonamides is 1. The van der Waals surface area contributed by atoms with E-state index in [1.54, 1.807) is 6.92 Å². The third-order valence-corrected chi connectivity index (χ3v) is 8.00. The lowest BCUT2D eigenvalue weighted by Crippen LogP contribution is -2.44. The number of hydrogen-bond donors (Lipinski definition) is 0. The van der Waals surface area contributed by atoms with Crippen LogP contribution in [0, 0.1) is 17.2 Å². The Balaban J connectivity index is 1.79. The Morgan fingerprint density at radius 1 is 1.40 bits per heavy atom.